The van der Waals surface area contributed by atoms with E-state index in [2.05, 4.69) is 19.8 Å². The minimum absolute atomic E-state index is 0.119. The number of nitrogens with one attached hydrogen (secondary N) is 1. The number of ether oxygens (including phenoxy) is 3. The summed E-state index contributed by atoms with van der Waals surface area (Å²) >= 11 is 6.13. The van der Waals surface area contributed by atoms with Crippen LogP contribution in [0.4, 0.5) is 14.6 Å². The first-order chi connectivity index (χ1) is 12.3. The quantitative estimate of drug-likeness (QED) is 0.633. The molecule has 1 aliphatic heterocycles. The molecule has 0 fully saturated rings. The Balaban J connectivity index is 1.81. The Morgan fingerprint density at radius 3 is 2.62 bits per heavy atom. The van der Waals surface area contributed by atoms with Crippen LogP contribution in [0.15, 0.2) is 42.3 Å². The van der Waals surface area contributed by atoms with Crippen LogP contribution in [0.1, 0.15) is 6.92 Å². The van der Waals surface area contributed by atoms with Crippen LogP contribution < -0.4 is 14.8 Å². The first kappa shape index (κ1) is 17.9. The Morgan fingerprint density at radius 2 is 2.00 bits per heavy atom. The van der Waals surface area contributed by atoms with Crippen molar-refractivity contribution in [3.05, 3.63) is 47.3 Å². The normalized spacial score (nSPS) is 14.9. The number of carbonyl (C=O) groups is 1. The Bertz CT molecular complexity index is 885. The van der Waals surface area contributed by atoms with Crippen LogP contribution in [0.25, 0.3) is 11.1 Å². The number of nitrogens with zero attached hydrogens (tertiary/aromatic N) is 1. The number of allylic oxidation sites excluding steroid dienone is 1. The van der Waals surface area contributed by atoms with Crippen LogP contribution in [0.3, 0.4) is 0 Å². The number of rotatable bonds is 4. The smallest absolute Gasteiger partial charge is 0.501 e. The fourth-order valence-electron chi connectivity index (χ4n) is 2.23. The average molecular weight is 383 g/mol. The third-order valence-electron chi connectivity index (χ3n) is 3.47. The van der Waals surface area contributed by atoms with Gasteiger partial charge >= 0.3 is 6.29 Å². The number of halogens is 3. The lowest BCUT2D eigenvalue weighted by Gasteiger charge is -2.07. The second-order valence-electron chi connectivity index (χ2n) is 5.33. The van der Waals surface area contributed by atoms with Gasteiger partial charge in [-0.3, -0.25) is 4.79 Å². The molecule has 136 valence electrons. The number of pyridine rings is 1. The zero-order valence-electron chi connectivity index (χ0n) is 13.7. The number of hydrogen-bond donors (Lipinski definition) is 1. The van der Waals surface area contributed by atoms with Gasteiger partial charge in [-0.25, -0.2) is 4.98 Å². The van der Waals surface area contributed by atoms with Crippen LogP contribution in [0, 0.1) is 0 Å². The summed E-state index contributed by atoms with van der Waals surface area (Å²) in [6.07, 6.45) is -0.987. The zero-order chi connectivity index (χ0) is 18.9. The predicted molar refractivity (Wildman–Crippen MR) is 90.3 cm³/mol. The van der Waals surface area contributed by atoms with Gasteiger partial charge in [-0.2, -0.15) is 0 Å². The molecule has 26 heavy (non-hydrogen) atoms. The molecule has 0 aliphatic carbocycles. The van der Waals surface area contributed by atoms with Gasteiger partial charge in [0.1, 0.15) is 5.82 Å². The van der Waals surface area contributed by atoms with Gasteiger partial charge in [0.15, 0.2) is 11.5 Å². The molecule has 0 bridgehead atoms. The van der Waals surface area contributed by atoms with Crippen LogP contribution in [0.5, 0.6) is 11.5 Å². The molecule has 1 aromatic heterocycles. The highest BCUT2D eigenvalue weighted by Crippen LogP contribution is 2.45. The zero-order valence-corrected chi connectivity index (χ0v) is 14.4. The molecule has 0 saturated carbocycles. The Hall–Kier alpha value is -2.87. The van der Waals surface area contributed by atoms with E-state index >= 15 is 0 Å². The topological polar surface area (TPSA) is 69.7 Å². The maximum Gasteiger partial charge on any atom is 0.586 e. The van der Waals surface area contributed by atoms with Crippen molar-refractivity contribution < 1.29 is 27.8 Å². The summed E-state index contributed by atoms with van der Waals surface area (Å²) in [5.41, 5.74) is 0.991. The van der Waals surface area contributed by atoms with Crippen LogP contribution in [0.2, 0.25) is 5.02 Å². The average Bonchev–Trinajstić information content (AvgIpc) is 2.87. The largest absolute Gasteiger partial charge is 0.586 e. The van der Waals surface area contributed by atoms with Crippen LogP contribution >= 0.6 is 11.6 Å². The number of methoxy groups -OCH3 is 1. The highest BCUT2D eigenvalue weighted by molar-refractivity contribution is 6.33. The number of benzene rings is 1. The predicted octanol–water partition coefficient (Wildman–Crippen LogP) is 4.21. The molecule has 9 heteroatoms. The highest BCUT2D eigenvalue weighted by Gasteiger charge is 2.43. The van der Waals surface area contributed by atoms with Gasteiger partial charge in [0.2, 0.25) is 0 Å². The van der Waals surface area contributed by atoms with Crippen molar-refractivity contribution in [2.24, 2.45) is 0 Å². The van der Waals surface area contributed by atoms with E-state index in [0.29, 0.717) is 22.7 Å². The lowest BCUT2D eigenvalue weighted by molar-refractivity contribution is -0.286. The summed E-state index contributed by atoms with van der Waals surface area (Å²) in [6, 6.07) is 5.79. The fourth-order valence-corrected chi connectivity index (χ4v) is 2.49. The van der Waals surface area contributed by atoms with E-state index in [1.54, 1.807) is 19.1 Å². The second kappa shape index (κ2) is 6.80. The molecule has 2 aromatic rings. The van der Waals surface area contributed by atoms with E-state index in [1.165, 1.54) is 31.5 Å². The van der Waals surface area contributed by atoms with Crippen molar-refractivity contribution in [1.82, 2.24) is 4.98 Å². The molecule has 6 nitrogen and oxygen atoms in total. The van der Waals surface area contributed by atoms with Crippen LogP contribution in [-0.2, 0) is 9.53 Å². The van der Waals surface area contributed by atoms with Crippen molar-refractivity contribution >= 4 is 23.3 Å². The van der Waals surface area contributed by atoms with Gasteiger partial charge in [-0.1, -0.05) is 11.6 Å². The molecular weight excluding hydrogens is 370 g/mol. The number of amides is 1. The summed E-state index contributed by atoms with van der Waals surface area (Å²) < 4.78 is 39.9. The number of hydrogen-bond acceptors (Lipinski definition) is 5. The number of carbonyl (C=O) groups excluding carboxylic acids is 1. The van der Waals surface area contributed by atoms with E-state index < -0.39 is 12.2 Å². The second-order valence-corrected chi connectivity index (χ2v) is 5.73. The molecule has 1 aliphatic rings. The number of anilines is 1. The van der Waals surface area contributed by atoms with Crippen molar-refractivity contribution in [3.8, 4) is 22.6 Å². The van der Waals surface area contributed by atoms with Gasteiger partial charge < -0.3 is 19.5 Å². The minimum atomic E-state index is -3.72. The lowest BCUT2D eigenvalue weighted by Crippen LogP contribution is -2.25. The first-order valence-electron chi connectivity index (χ1n) is 7.36. The van der Waals surface area contributed by atoms with Crippen molar-refractivity contribution in [1.29, 1.82) is 0 Å². The summed E-state index contributed by atoms with van der Waals surface area (Å²) in [6.45, 7) is 1.64. The van der Waals surface area contributed by atoms with E-state index in [0.717, 1.165) is 0 Å². The first-order valence-corrected chi connectivity index (χ1v) is 7.74. The molecule has 0 radical (unpaired) electrons. The third-order valence-corrected chi connectivity index (χ3v) is 3.79. The number of alkyl halides is 2. The van der Waals surface area contributed by atoms with E-state index in [-0.39, 0.29) is 16.5 Å². The third kappa shape index (κ3) is 3.85. The lowest BCUT2D eigenvalue weighted by atomic mass is 10.1. The molecule has 0 saturated heterocycles. The summed E-state index contributed by atoms with van der Waals surface area (Å²) in [5, 5.41) is 2.77. The number of aromatic nitrogens is 1. The van der Waals surface area contributed by atoms with E-state index in [1.807, 2.05) is 0 Å². The van der Waals surface area contributed by atoms with Crippen molar-refractivity contribution in [2.75, 3.05) is 12.4 Å². The molecule has 0 unspecified atom stereocenters. The van der Waals surface area contributed by atoms with Gasteiger partial charge in [0.05, 0.1) is 17.9 Å². The monoisotopic (exact) mass is 382 g/mol. The molecule has 1 amide bonds. The Morgan fingerprint density at radius 1 is 1.31 bits per heavy atom. The van der Waals surface area contributed by atoms with Crippen molar-refractivity contribution in [3.63, 3.8) is 0 Å². The molecule has 1 N–H and O–H groups in total. The highest BCUT2D eigenvalue weighted by atomic mass is 35.5. The summed E-state index contributed by atoms with van der Waals surface area (Å²) in [5.74, 6) is 0.103. The molecule has 2 heterocycles. The minimum Gasteiger partial charge on any atom is -0.501 e. The molecule has 0 atom stereocenters. The van der Waals surface area contributed by atoms with Gasteiger partial charge in [0, 0.05) is 29.5 Å². The van der Waals surface area contributed by atoms with Crippen LogP contribution in [-0.4, -0.2) is 24.3 Å². The summed E-state index contributed by atoms with van der Waals surface area (Å²) in [7, 11) is 1.46. The van der Waals surface area contributed by atoms with Gasteiger partial charge in [-0.05, 0) is 25.1 Å². The standard InChI is InChI=1S/C17H13ClF2N2O4/c1-9(24-2)5-16(23)22-15-4-3-10(8-21-15)11-6-13-14(7-12(11)18)26-17(19,20)25-13/h3-8H,1-2H3,(H,21,22,23)/b9-5-. The molecule has 0 spiro atoms. The molecule has 1 aromatic carbocycles. The molecular formula is C17H13ClF2N2O4. The number of fused-ring (bicyclic) bond motifs is 1. The van der Waals surface area contributed by atoms with Gasteiger partial charge in [-0.15, -0.1) is 8.78 Å². The van der Waals surface area contributed by atoms with Gasteiger partial charge in [0.25, 0.3) is 5.91 Å². The molecule has 3 rings (SSSR count). The Kier molecular flexibility index (Phi) is 4.69. The Labute approximate surface area is 152 Å². The summed E-state index contributed by atoms with van der Waals surface area (Å²) in [4.78, 5) is 15.9. The fraction of sp³-hybridized carbons (Fsp3) is 0.176. The van der Waals surface area contributed by atoms with E-state index in [9.17, 15) is 13.6 Å². The maximum atomic E-state index is 13.1. The van der Waals surface area contributed by atoms with E-state index in [4.69, 9.17) is 16.3 Å². The maximum absolute atomic E-state index is 13.1. The van der Waals surface area contributed by atoms with Crippen molar-refractivity contribution in [2.45, 2.75) is 13.2 Å². The SMILES string of the molecule is CO/C(C)=C\C(=O)Nc1ccc(-c2cc3c(cc2Cl)OC(F)(F)O3)cn1.